The van der Waals surface area contributed by atoms with Crippen LogP contribution < -0.4 is 10.1 Å². The molecule has 2 atom stereocenters. The third-order valence-corrected chi connectivity index (χ3v) is 5.41. The minimum Gasteiger partial charge on any atom is -0.496 e. The quantitative estimate of drug-likeness (QED) is 0.371. The standard InChI is InChI=1S/C22H26N2O6/c1-29-18-9-5-2-6-15(18)10-12-23-19(25)14-30-20(26)11-13-24-21(27)16-7-3-4-8-17(16)22(24)28/h2-6,9,16-17H,7-8,10-14H2,1H3,(H,23,25)/t16-,17-/m1/s1. The molecule has 1 N–H and O–H groups in total. The summed E-state index contributed by atoms with van der Waals surface area (Å²) in [5.41, 5.74) is 0.966. The van der Waals surface area contributed by atoms with Crippen LogP contribution in [0.25, 0.3) is 0 Å². The van der Waals surface area contributed by atoms with Gasteiger partial charge < -0.3 is 14.8 Å². The average molecular weight is 414 g/mol. The highest BCUT2D eigenvalue weighted by Crippen LogP contribution is 2.35. The van der Waals surface area contributed by atoms with Gasteiger partial charge in [0.15, 0.2) is 6.61 Å². The Morgan fingerprint density at radius 3 is 2.43 bits per heavy atom. The molecule has 0 aromatic heterocycles. The molecule has 0 radical (unpaired) electrons. The van der Waals surface area contributed by atoms with Crippen LogP contribution in [0, 0.1) is 11.8 Å². The summed E-state index contributed by atoms with van der Waals surface area (Å²) in [5.74, 6) is -1.36. The summed E-state index contributed by atoms with van der Waals surface area (Å²) in [6.45, 7) is -0.0366. The lowest BCUT2D eigenvalue weighted by molar-refractivity contribution is -0.149. The fraction of sp³-hybridized carbons (Fsp3) is 0.455. The Morgan fingerprint density at radius 2 is 1.77 bits per heavy atom. The summed E-state index contributed by atoms with van der Waals surface area (Å²) in [4.78, 5) is 49.7. The number of ether oxygens (including phenoxy) is 2. The summed E-state index contributed by atoms with van der Waals surface area (Å²) in [6, 6.07) is 7.52. The maximum atomic E-state index is 12.4. The molecule has 1 aromatic rings. The summed E-state index contributed by atoms with van der Waals surface area (Å²) < 4.78 is 10.2. The van der Waals surface area contributed by atoms with E-state index < -0.39 is 18.5 Å². The number of hydrogen-bond donors (Lipinski definition) is 1. The van der Waals surface area contributed by atoms with Crippen molar-refractivity contribution in [2.24, 2.45) is 11.8 Å². The number of rotatable bonds is 9. The van der Waals surface area contributed by atoms with Gasteiger partial charge in [0.2, 0.25) is 11.8 Å². The van der Waals surface area contributed by atoms with Gasteiger partial charge in [-0.3, -0.25) is 24.1 Å². The molecular weight excluding hydrogens is 388 g/mol. The summed E-state index contributed by atoms with van der Waals surface area (Å²) in [6.07, 6.45) is 5.41. The molecule has 3 rings (SSSR count). The molecule has 8 heteroatoms. The number of likely N-dealkylation sites (tertiary alicyclic amines) is 1. The van der Waals surface area contributed by atoms with Gasteiger partial charge in [0.1, 0.15) is 5.75 Å². The van der Waals surface area contributed by atoms with Gasteiger partial charge in [0, 0.05) is 13.1 Å². The van der Waals surface area contributed by atoms with Crippen LogP contribution in [0.1, 0.15) is 24.8 Å². The van der Waals surface area contributed by atoms with E-state index in [-0.39, 0.29) is 36.6 Å². The second-order valence-corrected chi connectivity index (χ2v) is 7.31. The molecule has 3 amide bonds. The van der Waals surface area contributed by atoms with Gasteiger partial charge in [-0.15, -0.1) is 0 Å². The van der Waals surface area contributed by atoms with E-state index in [0.29, 0.717) is 25.8 Å². The van der Waals surface area contributed by atoms with Crippen LogP contribution in [0.3, 0.4) is 0 Å². The van der Waals surface area contributed by atoms with Gasteiger partial charge in [-0.05, 0) is 30.9 Å². The third-order valence-electron chi connectivity index (χ3n) is 5.41. The average Bonchev–Trinajstić information content (AvgIpc) is 3.01. The van der Waals surface area contributed by atoms with Crippen molar-refractivity contribution in [3.05, 3.63) is 42.0 Å². The van der Waals surface area contributed by atoms with E-state index in [0.717, 1.165) is 16.2 Å². The highest BCUT2D eigenvalue weighted by atomic mass is 16.5. The van der Waals surface area contributed by atoms with E-state index in [1.165, 1.54) is 0 Å². The Labute approximate surface area is 175 Å². The number of amides is 3. The first-order valence-corrected chi connectivity index (χ1v) is 10.1. The second kappa shape index (κ2) is 10.0. The van der Waals surface area contributed by atoms with Gasteiger partial charge in [-0.25, -0.2) is 0 Å². The molecule has 8 nitrogen and oxygen atoms in total. The van der Waals surface area contributed by atoms with Crippen LogP contribution >= 0.6 is 0 Å². The Balaban J connectivity index is 1.35. The molecule has 30 heavy (non-hydrogen) atoms. The zero-order chi connectivity index (χ0) is 21.5. The number of methoxy groups -OCH3 is 1. The third kappa shape index (κ3) is 5.06. The predicted molar refractivity (Wildman–Crippen MR) is 107 cm³/mol. The maximum Gasteiger partial charge on any atom is 0.308 e. The predicted octanol–water partition coefficient (Wildman–Crippen LogP) is 1.24. The first kappa shape index (κ1) is 21.5. The number of hydrogen-bond acceptors (Lipinski definition) is 6. The smallest absolute Gasteiger partial charge is 0.308 e. The monoisotopic (exact) mass is 414 g/mol. The van der Waals surface area contributed by atoms with E-state index in [2.05, 4.69) is 5.32 Å². The highest BCUT2D eigenvalue weighted by molar-refractivity contribution is 6.05. The van der Waals surface area contributed by atoms with E-state index in [4.69, 9.17) is 9.47 Å². The van der Waals surface area contributed by atoms with Crippen LogP contribution in [0.4, 0.5) is 0 Å². The Morgan fingerprint density at radius 1 is 1.10 bits per heavy atom. The molecule has 1 aromatic carbocycles. The van der Waals surface area contributed by atoms with E-state index in [9.17, 15) is 19.2 Å². The molecule has 0 saturated carbocycles. The van der Waals surface area contributed by atoms with Crippen molar-refractivity contribution >= 4 is 23.7 Å². The molecule has 2 aliphatic rings. The maximum absolute atomic E-state index is 12.4. The number of allylic oxidation sites excluding steroid dienone is 2. The lowest BCUT2D eigenvalue weighted by Gasteiger charge is -2.14. The van der Waals surface area contributed by atoms with Crippen molar-refractivity contribution in [1.29, 1.82) is 0 Å². The first-order valence-electron chi connectivity index (χ1n) is 10.1. The molecular formula is C22H26N2O6. The number of carbonyl (C=O) groups excluding carboxylic acids is 4. The van der Waals surface area contributed by atoms with E-state index in [1.807, 2.05) is 36.4 Å². The minimum absolute atomic E-state index is 0.0150. The zero-order valence-electron chi connectivity index (χ0n) is 17.0. The van der Waals surface area contributed by atoms with Crippen molar-refractivity contribution < 1.29 is 28.7 Å². The Hall–Kier alpha value is -3.16. The Kier molecular flexibility index (Phi) is 7.21. The topological polar surface area (TPSA) is 102 Å². The van der Waals surface area contributed by atoms with Crippen LogP contribution in [0.5, 0.6) is 5.75 Å². The van der Waals surface area contributed by atoms with Crippen LogP contribution in [0.15, 0.2) is 36.4 Å². The largest absolute Gasteiger partial charge is 0.496 e. The molecule has 1 heterocycles. The summed E-state index contributed by atoms with van der Waals surface area (Å²) in [5, 5.41) is 2.69. The fourth-order valence-electron chi connectivity index (χ4n) is 3.81. The number of para-hydroxylation sites is 1. The van der Waals surface area contributed by atoms with Crippen molar-refractivity contribution in [2.75, 3.05) is 26.8 Å². The lowest BCUT2D eigenvalue weighted by atomic mass is 9.85. The van der Waals surface area contributed by atoms with Gasteiger partial charge in [0.25, 0.3) is 5.91 Å². The van der Waals surface area contributed by atoms with Crippen LogP contribution in [0.2, 0.25) is 0 Å². The molecule has 1 saturated heterocycles. The fourth-order valence-corrected chi connectivity index (χ4v) is 3.81. The van der Waals surface area contributed by atoms with Gasteiger partial charge in [-0.1, -0.05) is 30.4 Å². The molecule has 1 aliphatic heterocycles. The molecule has 160 valence electrons. The van der Waals surface area contributed by atoms with E-state index >= 15 is 0 Å². The molecule has 1 fully saturated rings. The Bertz CT molecular complexity index is 824. The van der Waals surface area contributed by atoms with Crippen molar-refractivity contribution in [1.82, 2.24) is 10.2 Å². The normalized spacial score (nSPS) is 20.1. The zero-order valence-corrected chi connectivity index (χ0v) is 17.0. The molecule has 0 bridgehead atoms. The first-order chi connectivity index (χ1) is 14.5. The minimum atomic E-state index is -0.622. The van der Waals surface area contributed by atoms with Crippen molar-refractivity contribution in [2.45, 2.75) is 25.7 Å². The van der Waals surface area contributed by atoms with Crippen molar-refractivity contribution in [3.63, 3.8) is 0 Å². The van der Waals surface area contributed by atoms with Crippen LogP contribution in [-0.4, -0.2) is 55.4 Å². The van der Waals surface area contributed by atoms with E-state index in [1.54, 1.807) is 7.11 Å². The number of fused-ring (bicyclic) bond motifs is 1. The van der Waals surface area contributed by atoms with Crippen molar-refractivity contribution in [3.8, 4) is 5.75 Å². The van der Waals surface area contributed by atoms with Gasteiger partial charge in [-0.2, -0.15) is 0 Å². The molecule has 0 spiro atoms. The van der Waals surface area contributed by atoms with Gasteiger partial charge >= 0.3 is 5.97 Å². The summed E-state index contributed by atoms with van der Waals surface area (Å²) in [7, 11) is 1.59. The number of carbonyl (C=O) groups is 4. The number of benzene rings is 1. The van der Waals surface area contributed by atoms with Gasteiger partial charge in [0.05, 0.1) is 25.4 Å². The number of nitrogens with one attached hydrogen (secondary N) is 1. The van der Waals surface area contributed by atoms with Crippen LogP contribution in [-0.2, 0) is 30.3 Å². The number of nitrogens with zero attached hydrogens (tertiary/aromatic N) is 1. The lowest BCUT2D eigenvalue weighted by Crippen LogP contribution is -2.34. The molecule has 0 unspecified atom stereocenters. The SMILES string of the molecule is COc1ccccc1CCNC(=O)COC(=O)CCN1C(=O)[C@@H]2CC=CC[C@H]2C1=O. The molecule has 1 aliphatic carbocycles. The highest BCUT2D eigenvalue weighted by Gasteiger charge is 2.46. The summed E-state index contributed by atoms with van der Waals surface area (Å²) >= 11 is 0. The number of esters is 1. The second-order valence-electron chi connectivity index (χ2n) is 7.31. The number of imide groups is 1.